The molecule has 0 radical (unpaired) electrons. The first-order valence-corrected chi connectivity index (χ1v) is 7.10. The van der Waals surface area contributed by atoms with Gasteiger partial charge in [-0.2, -0.15) is 0 Å². The standard InChI is InChI=1S/C18H12O8/c19-15(20)11-7-10(14(18(25)26)13(8-11)17(23)24)6-5-9-3-1-2-4-12(9)16(21)22/h1-8H,(H,19,20)(H,21,22)(H,23,24)(H,25,26)/b6-5+. The fraction of sp³-hybridized carbons (Fsp3) is 0. The molecule has 2 rings (SSSR count). The number of rotatable bonds is 6. The first kappa shape index (κ1) is 18.4. The molecule has 0 spiro atoms. The Labute approximate surface area is 146 Å². The van der Waals surface area contributed by atoms with E-state index in [9.17, 15) is 29.4 Å². The maximum atomic E-state index is 11.5. The summed E-state index contributed by atoms with van der Waals surface area (Å²) >= 11 is 0. The first-order valence-electron chi connectivity index (χ1n) is 7.10. The van der Waals surface area contributed by atoms with E-state index in [1.165, 1.54) is 30.4 Å². The molecule has 0 fully saturated rings. The van der Waals surface area contributed by atoms with Crippen LogP contribution in [0.3, 0.4) is 0 Å². The SMILES string of the molecule is O=C(O)c1cc(/C=C/c2ccccc2C(=O)O)c(C(=O)O)c(C(=O)O)c1. The predicted octanol–water partition coefficient (Wildman–Crippen LogP) is 2.65. The molecule has 0 unspecified atom stereocenters. The zero-order chi connectivity index (χ0) is 19.4. The lowest BCUT2D eigenvalue weighted by Crippen LogP contribution is -2.12. The Morgan fingerprint density at radius 2 is 1.23 bits per heavy atom. The maximum Gasteiger partial charge on any atom is 0.337 e. The van der Waals surface area contributed by atoms with Crippen molar-refractivity contribution in [2.45, 2.75) is 0 Å². The summed E-state index contributed by atoms with van der Waals surface area (Å²) in [7, 11) is 0. The van der Waals surface area contributed by atoms with E-state index >= 15 is 0 Å². The van der Waals surface area contributed by atoms with Crippen LogP contribution in [0.1, 0.15) is 52.6 Å². The van der Waals surface area contributed by atoms with Crippen LogP contribution in [0.4, 0.5) is 0 Å². The molecule has 0 aromatic heterocycles. The maximum absolute atomic E-state index is 11.5. The zero-order valence-corrected chi connectivity index (χ0v) is 13.0. The third-order valence-electron chi connectivity index (χ3n) is 3.49. The van der Waals surface area contributed by atoms with Gasteiger partial charge in [0, 0.05) is 0 Å². The number of carbonyl (C=O) groups is 4. The number of hydrogen-bond donors (Lipinski definition) is 4. The molecule has 8 nitrogen and oxygen atoms in total. The molecule has 0 aliphatic carbocycles. The Balaban J connectivity index is 2.69. The molecule has 0 amide bonds. The van der Waals surface area contributed by atoms with E-state index in [4.69, 9.17) is 10.2 Å². The molecule has 0 saturated heterocycles. The van der Waals surface area contributed by atoms with Crippen LogP contribution in [-0.4, -0.2) is 44.3 Å². The second-order valence-electron chi connectivity index (χ2n) is 5.13. The van der Waals surface area contributed by atoms with Gasteiger partial charge in [-0.05, 0) is 29.3 Å². The van der Waals surface area contributed by atoms with Crippen LogP contribution in [0.25, 0.3) is 12.2 Å². The first-order chi connectivity index (χ1) is 12.2. The fourth-order valence-electron chi connectivity index (χ4n) is 2.34. The van der Waals surface area contributed by atoms with Crippen molar-refractivity contribution in [3.05, 3.63) is 69.8 Å². The van der Waals surface area contributed by atoms with Gasteiger partial charge in [0.15, 0.2) is 0 Å². The molecule has 8 heteroatoms. The van der Waals surface area contributed by atoms with Gasteiger partial charge in [-0.15, -0.1) is 0 Å². The quantitative estimate of drug-likeness (QED) is 0.577. The minimum atomic E-state index is -1.59. The summed E-state index contributed by atoms with van der Waals surface area (Å²) in [4.78, 5) is 45.2. The Bertz CT molecular complexity index is 956. The summed E-state index contributed by atoms with van der Waals surface area (Å²) < 4.78 is 0. The van der Waals surface area contributed by atoms with E-state index < -0.39 is 40.6 Å². The third kappa shape index (κ3) is 3.75. The number of hydrogen-bond acceptors (Lipinski definition) is 4. The summed E-state index contributed by atoms with van der Waals surface area (Å²) in [6.07, 6.45) is 2.45. The molecule has 0 saturated carbocycles. The second-order valence-corrected chi connectivity index (χ2v) is 5.13. The molecule has 2 aromatic carbocycles. The third-order valence-corrected chi connectivity index (χ3v) is 3.49. The highest BCUT2D eigenvalue weighted by Crippen LogP contribution is 2.22. The second kappa shape index (κ2) is 7.31. The smallest absolute Gasteiger partial charge is 0.337 e. The van der Waals surface area contributed by atoms with Gasteiger partial charge in [0.05, 0.1) is 22.3 Å². The van der Waals surface area contributed by atoms with E-state index in [1.807, 2.05) is 0 Å². The molecular formula is C18H12O8. The van der Waals surface area contributed by atoms with Gasteiger partial charge in [-0.25, -0.2) is 19.2 Å². The van der Waals surface area contributed by atoms with Crippen molar-refractivity contribution in [3.63, 3.8) is 0 Å². The lowest BCUT2D eigenvalue weighted by atomic mass is 9.96. The van der Waals surface area contributed by atoms with Crippen LogP contribution < -0.4 is 0 Å². The van der Waals surface area contributed by atoms with Crippen molar-refractivity contribution < 1.29 is 39.6 Å². The summed E-state index contributed by atoms with van der Waals surface area (Å²) in [5.41, 5.74) is -1.65. The lowest BCUT2D eigenvalue weighted by molar-refractivity contribution is 0.0649. The van der Waals surface area contributed by atoms with Crippen molar-refractivity contribution >= 4 is 36.0 Å². The molecule has 2 aromatic rings. The molecule has 0 aliphatic heterocycles. The zero-order valence-electron chi connectivity index (χ0n) is 13.0. The monoisotopic (exact) mass is 356 g/mol. The molecule has 26 heavy (non-hydrogen) atoms. The Kier molecular flexibility index (Phi) is 5.17. The van der Waals surface area contributed by atoms with E-state index in [0.717, 1.165) is 12.1 Å². The van der Waals surface area contributed by atoms with Crippen LogP contribution in [-0.2, 0) is 0 Å². The van der Waals surface area contributed by atoms with E-state index in [0.29, 0.717) is 0 Å². The average Bonchev–Trinajstić information content (AvgIpc) is 2.58. The molecular weight excluding hydrogens is 344 g/mol. The number of carboxylic acid groups (broad SMARTS) is 4. The minimum Gasteiger partial charge on any atom is -0.478 e. The highest BCUT2D eigenvalue weighted by atomic mass is 16.4. The van der Waals surface area contributed by atoms with Gasteiger partial charge in [-0.1, -0.05) is 30.4 Å². The Morgan fingerprint density at radius 1 is 0.654 bits per heavy atom. The van der Waals surface area contributed by atoms with Crippen molar-refractivity contribution in [2.24, 2.45) is 0 Å². The Hall–Kier alpha value is -3.94. The topological polar surface area (TPSA) is 149 Å². The largest absolute Gasteiger partial charge is 0.478 e. The number of benzene rings is 2. The van der Waals surface area contributed by atoms with E-state index in [2.05, 4.69) is 0 Å². The summed E-state index contributed by atoms with van der Waals surface area (Å²) in [5, 5.41) is 36.8. The van der Waals surface area contributed by atoms with Crippen LogP contribution in [0.15, 0.2) is 36.4 Å². The molecule has 4 N–H and O–H groups in total. The number of aromatic carboxylic acids is 4. The van der Waals surface area contributed by atoms with Gasteiger partial charge < -0.3 is 20.4 Å². The highest BCUT2D eigenvalue weighted by Gasteiger charge is 2.22. The van der Waals surface area contributed by atoms with Crippen LogP contribution in [0.5, 0.6) is 0 Å². The van der Waals surface area contributed by atoms with Crippen molar-refractivity contribution in [1.82, 2.24) is 0 Å². The van der Waals surface area contributed by atoms with E-state index in [-0.39, 0.29) is 16.7 Å². The van der Waals surface area contributed by atoms with Crippen LogP contribution in [0.2, 0.25) is 0 Å². The molecule has 0 heterocycles. The van der Waals surface area contributed by atoms with E-state index in [1.54, 1.807) is 6.07 Å². The molecule has 0 aliphatic rings. The summed E-state index contributed by atoms with van der Waals surface area (Å²) in [6, 6.07) is 7.67. The highest BCUT2D eigenvalue weighted by molar-refractivity contribution is 6.07. The lowest BCUT2D eigenvalue weighted by Gasteiger charge is -2.08. The van der Waals surface area contributed by atoms with Gasteiger partial charge in [-0.3, -0.25) is 0 Å². The van der Waals surface area contributed by atoms with Crippen molar-refractivity contribution in [3.8, 4) is 0 Å². The average molecular weight is 356 g/mol. The van der Waals surface area contributed by atoms with Gasteiger partial charge >= 0.3 is 23.9 Å². The Morgan fingerprint density at radius 3 is 1.77 bits per heavy atom. The normalized spacial score (nSPS) is 10.6. The molecule has 0 atom stereocenters. The van der Waals surface area contributed by atoms with Crippen molar-refractivity contribution in [2.75, 3.05) is 0 Å². The van der Waals surface area contributed by atoms with Crippen LogP contribution in [0, 0.1) is 0 Å². The predicted molar refractivity (Wildman–Crippen MR) is 89.6 cm³/mol. The van der Waals surface area contributed by atoms with Gasteiger partial charge in [0.25, 0.3) is 0 Å². The summed E-state index contributed by atoms with van der Waals surface area (Å²) in [6.45, 7) is 0. The molecule has 0 bridgehead atoms. The number of carboxylic acids is 4. The molecule has 132 valence electrons. The summed E-state index contributed by atoms with van der Waals surface area (Å²) in [5.74, 6) is -5.77. The fourth-order valence-corrected chi connectivity index (χ4v) is 2.34. The van der Waals surface area contributed by atoms with Gasteiger partial charge in [0.1, 0.15) is 0 Å². The van der Waals surface area contributed by atoms with Gasteiger partial charge in [0.2, 0.25) is 0 Å². The minimum absolute atomic E-state index is 0.0477. The van der Waals surface area contributed by atoms with Crippen LogP contribution >= 0.6 is 0 Å². The van der Waals surface area contributed by atoms with Crippen molar-refractivity contribution in [1.29, 1.82) is 0 Å².